The number of benzene rings is 1. The molecule has 126 valence electrons. The third-order valence-electron chi connectivity index (χ3n) is 3.87. The molecule has 2 aromatic rings. The number of aromatic nitrogens is 2. The molecule has 0 amide bonds. The van der Waals surface area contributed by atoms with Gasteiger partial charge in [-0.2, -0.15) is 4.98 Å². The predicted octanol–water partition coefficient (Wildman–Crippen LogP) is 5.10. The van der Waals surface area contributed by atoms with Crippen LogP contribution in [0.25, 0.3) is 0 Å². The largest absolute Gasteiger partial charge is 0.339 e. The summed E-state index contributed by atoms with van der Waals surface area (Å²) in [4.78, 5) is 6.96. The van der Waals surface area contributed by atoms with Gasteiger partial charge in [-0.05, 0) is 31.5 Å². The third kappa shape index (κ3) is 4.64. The van der Waals surface area contributed by atoms with Gasteiger partial charge in [0.2, 0.25) is 5.89 Å². The minimum absolute atomic E-state index is 0.116. The van der Waals surface area contributed by atoms with Crippen molar-refractivity contribution in [1.82, 2.24) is 15.0 Å². The first kappa shape index (κ1) is 18.1. The first-order valence-corrected chi connectivity index (χ1v) is 8.93. The Morgan fingerprint density at radius 2 is 1.96 bits per heavy atom. The molecule has 1 aromatic carbocycles. The van der Waals surface area contributed by atoms with Crippen LogP contribution in [-0.2, 0) is 12.0 Å². The second kappa shape index (κ2) is 7.58. The minimum atomic E-state index is -0.116. The van der Waals surface area contributed by atoms with Crippen molar-refractivity contribution in [1.29, 1.82) is 0 Å². The quantitative estimate of drug-likeness (QED) is 0.699. The van der Waals surface area contributed by atoms with E-state index in [1.807, 2.05) is 6.07 Å². The molecule has 0 radical (unpaired) electrons. The summed E-state index contributed by atoms with van der Waals surface area (Å²) in [5.74, 6) is 1.44. The molecule has 5 heteroatoms. The standard InChI is InChI=1S/C18H26BrN3O/c1-6-11-22(13(2)14-9-7-8-10-15(14)19)12-16-20-17(23-21-16)18(3,4)5/h7-10,13H,6,11-12H2,1-5H3. The molecular weight excluding hydrogens is 354 g/mol. The lowest BCUT2D eigenvalue weighted by Gasteiger charge is -2.28. The lowest BCUT2D eigenvalue weighted by molar-refractivity contribution is 0.193. The van der Waals surface area contributed by atoms with Gasteiger partial charge in [-0.25, -0.2) is 0 Å². The van der Waals surface area contributed by atoms with Crippen LogP contribution in [0.4, 0.5) is 0 Å². The van der Waals surface area contributed by atoms with Crippen LogP contribution < -0.4 is 0 Å². The van der Waals surface area contributed by atoms with E-state index in [0.29, 0.717) is 12.4 Å². The maximum absolute atomic E-state index is 5.42. The molecule has 0 N–H and O–H groups in total. The Morgan fingerprint density at radius 3 is 2.52 bits per heavy atom. The van der Waals surface area contributed by atoms with Crippen molar-refractivity contribution in [3.05, 3.63) is 46.0 Å². The highest BCUT2D eigenvalue weighted by molar-refractivity contribution is 9.10. The molecule has 0 aliphatic carbocycles. The van der Waals surface area contributed by atoms with E-state index in [1.54, 1.807) is 0 Å². The number of hydrogen-bond acceptors (Lipinski definition) is 4. The number of rotatable bonds is 6. The van der Waals surface area contributed by atoms with Gasteiger partial charge >= 0.3 is 0 Å². The molecule has 1 atom stereocenters. The second-order valence-corrected chi connectivity index (χ2v) is 7.79. The van der Waals surface area contributed by atoms with Gasteiger partial charge in [-0.3, -0.25) is 4.90 Å². The summed E-state index contributed by atoms with van der Waals surface area (Å²) >= 11 is 3.66. The van der Waals surface area contributed by atoms with Crippen molar-refractivity contribution in [2.45, 2.75) is 59.0 Å². The first-order valence-electron chi connectivity index (χ1n) is 8.14. The average molecular weight is 380 g/mol. The lowest BCUT2D eigenvalue weighted by Crippen LogP contribution is -2.28. The van der Waals surface area contributed by atoms with Crippen LogP contribution in [0, 0.1) is 0 Å². The fourth-order valence-corrected chi connectivity index (χ4v) is 3.13. The fraction of sp³-hybridized carbons (Fsp3) is 0.556. The molecule has 1 unspecified atom stereocenters. The zero-order valence-corrected chi connectivity index (χ0v) is 16.2. The smallest absolute Gasteiger partial charge is 0.232 e. The lowest BCUT2D eigenvalue weighted by atomic mass is 9.97. The number of nitrogens with zero attached hydrogens (tertiary/aromatic N) is 3. The van der Waals surface area contributed by atoms with E-state index < -0.39 is 0 Å². The van der Waals surface area contributed by atoms with Crippen molar-refractivity contribution in [3.63, 3.8) is 0 Å². The summed E-state index contributed by atoms with van der Waals surface area (Å²) in [5.41, 5.74) is 1.16. The van der Waals surface area contributed by atoms with Gasteiger partial charge in [-0.15, -0.1) is 0 Å². The summed E-state index contributed by atoms with van der Waals surface area (Å²) in [6.07, 6.45) is 1.08. The Hall–Kier alpha value is -1.20. The molecule has 0 aliphatic heterocycles. The second-order valence-electron chi connectivity index (χ2n) is 6.93. The number of halogens is 1. The number of hydrogen-bond donors (Lipinski definition) is 0. The molecule has 1 aromatic heterocycles. The van der Waals surface area contributed by atoms with Crippen molar-refractivity contribution in [2.24, 2.45) is 0 Å². The molecule has 0 bridgehead atoms. The van der Waals surface area contributed by atoms with E-state index in [4.69, 9.17) is 4.52 Å². The van der Waals surface area contributed by atoms with E-state index in [2.05, 4.69) is 83.8 Å². The summed E-state index contributed by atoms with van der Waals surface area (Å²) < 4.78 is 6.56. The molecule has 1 heterocycles. The van der Waals surface area contributed by atoms with Crippen LogP contribution in [0.15, 0.2) is 33.3 Å². The van der Waals surface area contributed by atoms with Gasteiger partial charge in [0.15, 0.2) is 5.82 Å². The van der Waals surface area contributed by atoms with Gasteiger partial charge in [0.25, 0.3) is 0 Å². The highest BCUT2D eigenvalue weighted by atomic mass is 79.9. The highest BCUT2D eigenvalue weighted by Gasteiger charge is 2.24. The van der Waals surface area contributed by atoms with Gasteiger partial charge < -0.3 is 4.52 Å². The van der Waals surface area contributed by atoms with Crippen molar-refractivity contribution in [3.8, 4) is 0 Å². The van der Waals surface area contributed by atoms with Crippen LogP contribution >= 0.6 is 15.9 Å². The van der Waals surface area contributed by atoms with E-state index in [-0.39, 0.29) is 11.5 Å². The topological polar surface area (TPSA) is 42.2 Å². The normalized spacial score (nSPS) is 13.5. The van der Waals surface area contributed by atoms with E-state index in [0.717, 1.165) is 23.3 Å². The molecule has 23 heavy (non-hydrogen) atoms. The Bertz CT molecular complexity index is 633. The van der Waals surface area contributed by atoms with Crippen LogP contribution in [0.3, 0.4) is 0 Å². The van der Waals surface area contributed by atoms with Crippen molar-refractivity contribution >= 4 is 15.9 Å². The Balaban J connectivity index is 2.18. The van der Waals surface area contributed by atoms with Gasteiger partial charge in [0, 0.05) is 15.9 Å². The molecule has 0 spiro atoms. The van der Waals surface area contributed by atoms with E-state index in [1.165, 1.54) is 5.56 Å². The molecule has 2 rings (SSSR count). The van der Waals surface area contributed by atoms with E-state index in [9.17, 15) is 0 Å². The minimum Gasteiger partial charge on any atom is -0.339 e. The third-order valence-corrected chi connectivity index (χ3v) is 4.59. The molecular formula is C18H26BrN3O. The van der Waals surface area contributed by atoms with Crippen LogP contribution in [-0.4, -0.2) is 21.6 Å². The molecule has 0 saturated heterocycles. The van der Waals surface area contributed by atoms with Crippen molar-refractivity contribution < 1.29 is 4.52 Å². The Morgan fingerprint density at radius 1 is 1.26 bits per heavy atom. The molecule has 0 aliphatic rings. The Kier molecular flexibility index (Phi) is 5.98. The SMILES string of the molecule is CCCN(Cc1noc(C(C)(C)C)n1)C(C)c1ccccc1Br. The molecule has 4 nitrogen and oxygen atoms in total. The van der Waals surface area contributed by atoms with Crippen LogP contribution in [0.5, 0.6) is 0 Å². The first-order chi connectivity index (χ1) is 10.8. The molecule has 0 saturated carbocycles. The van der Waals surface area contributed by atoms with Crippen LogP contribution in [0.2, 0.25) is 0 Å². The maximum Gasteiger partial charge on any atom is 0.232 e. The summed E-state index contributed by atoms with van der Waals surface area (Å²) in [5, 5.41) is 4.16. The predicted molar refractivity (Wildman–Crippen MR) is 96.3 cm³/mol. The monoisotopic (exact) mass is 379 g/mol. The van der Waals surface area contributed by atoms with Gasteiger partial charge in [-0.1, -0.05) is 67.0 Å². The summed E-state index contributed by atoms with van der Waals surface area (Å²) in [6.45, 7) is 12.3. The maximum atomic E-state index is 5.42. The van der Waals surface area contributed by atoms with Gasteiger partial charge in [0.05, 0.1) is 6.54 Å². The fourth-order valence-electron chi connectivity index (χ4n) is 2.51. The summed E-state index contributed by atoms with van der Waals surface area (Å²) in [6, 6.07) is 8.64. The van der Waals surface area contributed by atoms with Gasteiger partial charge in [0.1, 0.15) is 0 Å². The van der Waals surface area contributed by atoms with Crippen molar-refractivity contribution in [2.75, 3.05) is 6.54 Å². The Labute approximate surface area is 147 Å². The van der Waals surface area contributed by atoms with E-state index >= 15 is 0 Å². The highest BCUT2D eigenvalue weighted by Crippen LogP contribution is 2.29. The zero-order chi connectivity index (χ0) is 17.0. The van der Waals surface area contributed by atoms with Crippen LogP contribution in [0.1, 0.15) is 64.4 Å². The average Bonchev–Trinajstić information content (AvgIpc) is 2.95. The zero-order valence-electron chi connectivity index (χ0n) is 14.6. The molecule has 0 fully saturated rings. The summed E-state index contributed by atoms with van der Waals surface area (Å²) in [7, 11) is 0.